The molecule has 2 rings (SSSR count). The Morgan fingerprint density at radius 1 is 1.44 bits per heavy atom. The second-order valence-electron chi connectivity index (χ2n) is 5.10. The Labute approximate surface area is 109 Å². The molecule has 98 valence electrons. The summed E-state index contributed by atoms with van der Waals surface area (Å²) in [7, 11) is 0. The fourth-order valence-electron chi connectivity index (χ4n) is 1.84. The summed E-state index contributed by atoms with van der Waals surface area (Å²) >= 11 is 0. The molecule has 3 nitrogen and oxygen atoms in total. The van der Waals surface area contributed by atoms with Gasteiger partial charge in [-0.05, 0) is 38.8 Å². The van der Waals surface area contributed by atoms with Crippen LogP contribution in [0.4, 0.5) is 0 Å². The van der Waals surface area contributed by atoms with Gasteiger partial charge in [-0.2, -0.15) is 0 Å². The van der Waals surface area contributed by atoms with Crippen LogP contribution in [0.25, 0.3) is 0 Å². The zero-order valence-corrected chi connectivity index (χ0v) is 11.1. The van der Waals surface area contributed by atoms with Crippen LogP contribution in [0.15, 0.2) is 24.3 Å². The van der Waals surface area contributed by atoms with Gasteiger partial charge in [0.05, 0.1) is 6.10 Å². The first kappa shape index (κ1) is 13.1. The molecule has 1 fully saturated rings. The lowest BCUT2D eigenvalue weighted by atomic mass is 10.1. The maximum absolute atomic E-state index is 12.0. The Bertz CT molecular complexity index is 411. The van der Waals surface area contributed by atoms with Crippen molar-refractivity contribution in [3.8, 4) is 5.75 Å². The Kier molecular flexibility index (Phi) is 4.37. The predicted molar refractivity (Wildman–Crippen MR) is 72.2 cm³/mol. The minimum absolute atomic E-state index is 0.131. The van der Waals surface area contributed by atoms with Crippen LogP contribution >= 0.6 is 0 Å². The lowest BCUT2D eigenvalue weighted by molar-refractivity contribution is 0.0982. The van der Waals surface area contributed by atoms with Gasteiger partial charge < -0.3 is 10.1 Å². The van der Waals surface area contributed by atoms with Crippen molar-refractivity contribution in [2.45, 2.75) is 45.3 Å². The molecule has 0 unspecified atom stereocenters. The number of carbonyl (C=O) groups is 1. The fraction of sp³-hybridized carbons (Fsp3) is 0.533. The van der Waals surface area contributed by atoms with Crippen LogP contribution in [0.5, 0.6) is 5.75 Å². The van der Waals surface area contributed by atoms with Crippen LogP contribution < -0.4 is 10.1 Å². The van der Waals surface area contributed by atoms with Crippen molar-refractivity contribution in [1.82, 2.24) is 5.32 Å². The highest BCUT2D eigenvalue weighted by atomic mass is 16.5. The van der Waals surface area contributed by atoms with Crippen molar-refractivity contribution in [3.63, 3.8) is 0 Å². The molecular formula is C15H21NO2. The molecule has 0 radical (unpaired) electrons. The van der Waals surface area contributed by atoms with Gasteiger partial charge in [-0.25, -0.2) is 0 Å². The topological polar surface area (TPSA) is 38.3 Å². The molecule has 0 amide bonds. The molecule has 1 aromatic rings. The zero-order chi connectivity index (χ0) is 13.0. The second kappa shape index (κ2) is 6.01. The van der Waals surface area contributed by atoms with Crippen LogP contribution in [0.2, 0.25) is 0 Å². The summed E-state index contributed by atoms with van der Waals surface area (Å²) in [6.45, 7) is 4.74. The van der Waals surface area contributed by atoms with Gasteiger partial charge in [0.25, 0.3) is 0 Å². The molecule has 1 aliphatic rings. The Balaban J connectivity index is 1.87. The third-order valence-corrected chi connectivity index (χ3v) is 2.89. The van der Waals surface area contributed by atoms with Crippen molar-refractivity contribution < 1.29 is 9.53 Å². The first-order valence-corrected chi connectivity index (χ1v) is 6.68. The lowest BCUT2D eigenvalue weighted by Crippen LogP contribution is -2.20. The van der Waals surface area contributed by atoms with Crippen LogP contribution in [0, 0.1) is 0 Å². The van der Waals surface area contributed by atoms with Crippen LogP contribution in [-0.2, 0) is 0 Å². The van der Waals surface area contributed by atoms with E-state index in [-0.39, 0.29) is 11.9 Å². The molecule has 1 N–H and O–H groups in total. The molecular weight excluding hydrogens is 226 g/mol. The molecule has 0 saturated heterocycles. The van der Waals surface area contributed by atoms with Crippen LogP contribution in [0.3, 0.4) is 0 Å². The van der Waals surface area contributed by atoms with Crippen molar-refractivity contribution >= 4 is 5.78 Å². The monoisotopic (exact) mass is 247 g/mol. The Hall–Kier alpha value is -1.35. The molecule has 0 atom stereocenters. The molecule has 0 bridgehead atoms. The van der Waals surface area contributed by atoms with Gasteiger partial charge in [0.1, 0.15) is 5.75 Å². The molecule has 0 aliphatic heterocycles. The van der Waals surface area contributed by atoms with Gasteiger partial charge >= 0.3 is 0 Å². The van der Waals surface area contributed by atoms with E-state index < -0.39 is 0 Å². The first-order chi connectivity index (χ1) is 8.65. The summed E-state index contributed by atoms with van der Waals surface area (Å²) in [5, 5.41) is 3.35. The number of rotatable bonds is 7. The first-order valence-electron chi connectivity index (χ1n) is 6.68. The molecule has 1 aromatic carbocycles. The van der Waals surface area contributed by atoms with E-state index in [9.17, 15) is 4.79 Å². The summed E-state index contributed by atoms with van der Waals surface area (Å²) in [5.74, 6) is 0.948. The minimum atomic E-state index is 0.131. The van der Waals surface area contributed by atoms with Gasteiger partial charge in [0.2, 0.25) is 0 Å². The predicted octanol–water partition coefficient (Wildman–Crippen LogP) is 2.80. The van der Waals surface area contributed by atoms with Gasteiger partial charge in [-0.3, -0.25) is 4.79 Å². The Morgan fingerprint density at radius 3 is 2.89 bits per heavy atom. The third-order valence-electron chi connectivity index (χ3n) is 2.89. The van der Waals surface area contributed by atoms with Gasteiger partial charge in [0.15, 0.2) is 5.78 Å². The van der Waals surface area contributed by atoms with Crippen molar-refractivity contribution in [1.29, 1.82) is 0 Å². The van der Waals surface area contributed by atoms with E-state index >= 15 is 0 Å². The SMILES string of the molecule is CC(C)Oc1cccc(C(=O)CCNC2CC2)c1. The molecule has 18 heavy (non-hydrogen) atoms. The summed E-state index contributed by atoms with van der Waals surface area (Å²) < 4.78 is 5.59. The van der Waals surface area contributed by atoms with Gasteiger partial charge in [-0.1, -0.05) is 12.1 Å². The number of carbonyl (C=O) groups excluding carboxylic acids is 1. The highest BCUT2D eigenvalue weighted by Crippen LogP contribution is 2.19. The number of ketones is 1. The maximum atomic E-state index is 12.0. The summed E-state index contributed by atoms with van der Waals surface area (Å²) in [6, 6.07) is 8.11. The van der Waals surface area contributed by atoms with Crippen molar-refractivity contribution in [2.24, 2.45) is 0 Å². The van der Waals surface area contributed by atoms with Gasteiger partial charge in [-0.15, -0.1) is 0 Å². The molecule has 0 heterocycles. The van der Waals surface area contributed by atoms with Gasteiger partial charge in [0, 0.05) is 24.6 Å². The average Bonchev–Trinajstić information content (AvgIpc) is 3.12. The Morgan fingerprint density at radius 2 is 2.22 bits per heavy atom. The second-order valence-corrected chi connectivity index (χ2v) is 5.10. The van der Waals surface area contributed by atoms with Crippen LogP contribution in [-0.4, -0.2) is 24.5 Å². The average molecular weight is 247 g/mol. The minimum Gasteiger partial charge on any atom is -0.491 e. The maximum Gasteiger partial charge on any atom is 0.164 e. The van der Waals surface area contributed by atoms with E-state index in [0.717, 1.165) is 17.9 Å². The largest absolute Gasteiger partial charge is 0.491 e. The molecule has 0 aromatic heterocycles. The highest BCUT2D eigenvalue weighted by molar-refractivity contribution is 5.96. The number of benzene rings is 1. The number of hydrogen-bond donors (Lipinski definition) is 1. The fourth-order valence-corrected chi connectivity index (χ4v) is 1.84. The van der Waals surface area contributed by atoms with Crippen LogP contribution in [0.1, 0.15) is 43.5 Å². The van der Waals surface area contributed by atoms with E-state index in [2.05, 4.69) is 5.32 Å². The van der Waals surface area contributed by atoms with E-state index in [1.165, 1.54) is 12.8 Å². The standard InChI is InChI=1S/C15H21NO2/c1-11(2)18-14-5-3-4-12(10-14)15(17)8-9-16-13-6-7-13/h3-5,10-11,13,16H,6-9H2,1-2H3. The normalized spacial score (nSPS) is 14.8. The van der Waals surface area contributed by atoms with Crippen molar-refractivity contribution in [3.05, 3.63) is 29.8 Å². The molecule has 3 heteroatoms. The molecule has 0 spiro atoms. The molecule has 1 aliphatic carbocycles. The van der Waals surface area contributed by atoms with E-state index in [4.69, 9.17) is 4.74 Å². The highest BCUT2D eigenvalue weighted by Gasteiger charge is 2.20. The van der Waals surface area contributed by atoms with E-state index in [0.29, 0.717) is 12.5 Å². The number of ether oxygens (including phenoxy) is 1. The third kappa shape index (κ3) is 4.15. The van der Waals surface area contributed by atoms with Crippen molar-refractivity contribution in [2.75, 3.05) is 6.54 Å². The molecule has 1 saturated carbocycles. The van der Waals surface area contributed by atoms with E-state index in [1.807, 2.05) is 38.1 Å². The lowest BCUT2D eigenvalue weighted by Gasteiger charge is -2.10. The van der Waals surface area contributed by atoms with E-state index in [1.54, 1.807) is 0 Å². The quantitative estimate of drug-likeness (QED) is 0.753. The zero-order valence-electron chi connectivity index (χ0n) is 11.1. The summed E-state index contributed by atoms with van der Waals surface area (Å²) in [5.41, 5.74) is 0.741. The number of hydrogen-bond acceptors (Lipinski definition) is 3. The summed E-state index contributed by atoms with van der Waals surface area (Å²) in [6.07, 6.45) is 3.20. The summed E-state index contributed by atoms with van der Waals surface area (Å²) in [4.78, 5) is 12.0. The number of Topliss-reactive ketones (excluding diaryl/α,β-unsaturated/α-hetero) is 1. The number of nitrogens with one attached hydrogen (secondary N) is 1. The smallest absolute Gasteiger partial charge is 0.164 e.